The number of nitrogens with zero attached hydrogens (tertiary/aromatic N) is 4. The third kappa shape index (κ3) is 4.75. The molecule has 0 aliphatic rings. The molecule has 4 rings (SSSR count). The fourth-order valence-corrected chi connectivity index (χ4v) is 3.54. The molecule has 0 radical (unpaired) electrons. The van der Waals surface area contributed by atoms with Crippen molar-refractivity contribution in [1.29, 1.82) is 0 Å². The number of rotatable bonds is 6. The molecular weight excluding hydrogens is 444 g/mol. The molecule has 1 heterocycles. The summed E-state index contributed by atoms with van der Waals surface area (Å²) in [6.07, 6.45) is 0. The van der Waals surface area contributed by atoms with Gasteiger partial charge in [0.25, 0.3) is 11.6 Å². The van der Waals surface area contributed by atoms with Gasteiger partial charge in [0, 0.05) is 47.4 Å². The monoisotopic (exact) mass is 462 g/mol. The van der Waals surface area contributed by atoms with E-state index in [0.717, 1.165) is 11.1 Å². The summed E-state index contributed by atoms with van der Waals surface area (Å²) in [6, 6.07) is 18.7. The van der Waals surface area contributed by atoms with Crippen LogP contribution in [-0.2, 0) is 6.54 Å². The molecule has 3 aromatic carbocycles. The van der Waals surface area contributed by atoms with Gasteiger partial charge in [-0.15, -0.1) is 10.2 Å². The van der Waals surface area contributed by atoms with Crippen LogP contribution in [-0.4, -0.2) is 33.0 Å². The zero-order valence-electron chi connectivity index (χ0n) is 17.9. The third-order valence-electron chi connectivity index (χ3n) is 5.17. The van der Waals surface area contributed by atoms with Crippen LogP contribution in [0.1, 0.15) is 21.5 Å². The van der Waals surface area contributed by atoms with Gasteiger partial charge >= 0.3 is 0 Å². The van der Waals surface area contributed by atoms with Gasteiger partial charge in [0.1, 0.15) is 0 Å². The highest BCUT2D eigenvalue weighted by Crippen LogP contribution is 2.27. The van der Waals surface area contributed by atoms with Crippen molar-refractivity contribution in [2.75, 3.05) is 7.05 Å². The Hall–Kier alpha value is -4.04. The van der Waals surface area contributed by atoms with E-state index in [0.29, 0.717) is 33.5 Å². The zero-order chi connectivity index (χ0) is 23.5. The molecule has 33 heavy (non-hydrogen) atoms. The number of aryl methyl sites for hydroxylation is 1. The number of benzene rings is 3. The van der Waals surface area contributed by atoms with Crippen LogP contribution < -0.4 is 0 Å². The van der Waals surface area contributed by atoms with Crippen LogP contribution in [0.2, 0.25) is 5.02 Å². The van der Waals surface area contributed by atoms with Crippen molar-refractivity contribution in [2.45, 2.75) is 13.5 Å². The van der Waals surface area contributed by atoms with Gasteiger partial charge in [0.05, 0.1) is 4.92 Å². The van der Waals surface area contributed by atoms with Crippen LogP contribution in [0.5, 0.6) is 0 Å². The fraction of sp³-hybridized carbons (Fsp3) is 0.125. The van der Waals surface area contributed by atoms with E-state index >= 15 is 0 Å². The summed E-state index contributed by atoms with van der Waals surface area (Å²) < 4.78 is 5.82. The molecule has 9 heteroatoms. The highest BCUT2D eigenvalue weighted by Gasteiger charge is 2.17. The lowest BCUT2D eigenvalue weighted by molar-refractivity contribution is -0.384. The molecule has 1 amide bonds. The quantitative estimate of drug-likeness (QED) is 0.275. The Bertz CT molecular complexity index is 1330. The second-order valence-corrected chi connectivity index (χ2v) is 7.91. The number of non-ortho nitro benzene ring substituents is 1. The normalized spacial score (nSPS) is 10.8. The number of hydrogen-bond acceptors (Lipinski definition) is 6. The molecular formula is C24H19ClN4O4. The largest absolute Gasteiger partial charge is 0.416 e. The zero-order valence-corrected chi connectivity index (χ0v) is 18.6. The minimum atomic E-state index is -0.498. The number of aromatic nitrogens is 2. The van der Waals surface area contributed by atoms with Crippen LogP contribution >= 0.6 is 11.6 Å². The minimum Gasteiger partial charge on any atom is -0.416 e. The molecule has 0 fully saturated rings. The summed E-state index contributed by atoms with van der Waals surface area (Å²) in [5.41, 5.74) is 3.44. The van der Waals surface area contributed by atoms with Crippen molar-refractivity contribution in [3.05, 3.63) is 98.6 Å². The highest BCUT2D eigenvalue weighted by molar-refractivity contribution is 6.31. The molecule has 166 valence electrons. The molecule has 0 saturated carbocycles. The summed E-state index contributed by atoms with van der Waals surface area (Å²) in [6.45, 7) is 2.10. The predicted molar refractivity (Wildman–Crippen MR) is 124 cm³/mol. The van der Waals surface area contributed by atoms with Gasteiger partial charge in [-0.1, -0.05) is 29.8 Å². The maximum absolute atomic E-state index is 12.9. The van der Waals surface area contributed by atoms with E-state index in [1.54, 1.807) is 31.3 Å². The highest BCUT2D eigenvalue weighted by atomic mass is 35.5. The number of halogens is 1. The van der Waals surface area contributed by atoms with Gasteiger partial charge in [-0.2, -0.15) is 0 Å². The topological polar surface area (TPSA) is 102 Å². The van der Waals surface area contributed by atoms with Crippen LogP contribution in [0.4, 0.5) is 5.69 Å². The second-order valence-electron chi connectivity index (χ2n) is 7.50. The molecule has 0 N–H and O–H groups in total. The van der Waals surface area contributed by atoms with Gasteiger partial charge < -0.3 is 9.32 Å². The number of hydrogen-bond donors (Lipinski definition) is 0. The van der Waals surface area contributed by atoms with E-state index in [4.69, 9.17) is 16.0 Å². The molecule has 4 aromatic rings. The minimum absolute atomic E-state index is 0.0794. The first-order valence-corrected chi connectivity index (χ1v) is 10.4. The van der Waals surface area contributed by atoms with E-state index in [2.05, 4.69) is 10.2 Å². The maximum atomic E-state index is 12.9. The van der Waals surface area contributed by atoms with Gasteiger partial charge in [-0.25, -0.2) is 0 Å². The lowest BCUT2D eigenvalue weighted by Gasteiger charge is -2.18. The molecule has 0 aliphatic carbocycles. The van der Waals surface area contributed by atoms with E-state index in [1.807, 2.05) is 31.2 Å². The lowest BCUT2D eigenvalue weighted by Crippen LogP contribution is -2.26. The average molecular weight is 463 g/mol. The van der Waals surface area contributed by atoms with E-state index in [1.165, 1.54) is 23.1 Å². The summed E-state index contributed by atoms with van der Waals surface area (Å²) >= 11 is 6.16. The van der Waals surface area contributed by atoms with Gasteiger partial charge in [0.15, 0.2) is 0 Å². The number of carbonyl (C=O) groups excluding carboxylic acids is 1. The van der Waals surface area contributed by atoms with Crippen molar-refractivity contribution in [1.82, 2.24) is 15.1 Å². The first-order chi connectivity index (χ1) is 15.8. The number of nitro benzene ring substituents is 1. The van der Waals surface area contributed by atoms with E-state index in [9.17, 15) is 14.9 Å². The molecule has 8 nitrogen and oxygen atoms in total. The first-order valence-electron chi connectivity index (χ1n) is 10.0. The maximum Gasteiger partial charge on any atom is 0.269 e. The Kier molecular flexibility index (Phi) is 6.19. The summed E-state index contributed by atoms with van der Waals surface area (Å²) in [5.74, 6) is 0.524. The third-order valence-corrected chi connectivity index (χ3v) is 5.54. The van der Waals surface area contributed by atoms with Crippen LogP contribution in [0.25, 0.3) is 22.9 Å². The predicted octanol–water partition coefficient (Wildman–Crippen LogP) is 5.55. The number of nitro groups is 1. The van der Waals surface area contributed by atoms with Gasteiger partial charge in [-0.3, -0.25) is 14.9 Å². The Morgan fingerprint density at radius 2 is 1.76 bits per heavy atom. The Balaban J connectivity index is 1.49. The van der Waals surface area contributed by atoms with Crippen molar-refractivity contribution in [3.63, 3.8) is 0 Å². The molecule has 0 bridgehead atoms. The smallest absolute Gasteiger partial charge is 0.269 e. The SMILES string of the molecule is Cc1ccccc1-c1nnc(-c2ccc(C(=O)N(C)Cc3cc([N+](=O)[O-])ccc3Cl)cc2)o1. The van der Waals surface area contributed by atoms with Crippen LogP contribution in [0, 0.1) is 17.0 Å². The Labute approximate surface area is 194 Å². The van der Waals surface area contributed by atoms with E-state index in [-0.39, 0.29) is 18.1 Å². The summed E-state index contributed by atoms with van der Waals surface area (Å²) in [4.78, 5) is 24.8. The Morgan fingerprint density at radius 1 is 1.06 bits per heavy atom. The average Bonchev–Trinajstić information content (AvgIpc) is 3.30. The van der Waals surface area contributed by atoms with Crippen molar-refractivity contribution >= 4 is 23.2 Å². The standard InChI is InChI=1S/C24H19ClN4O4/c1-15-5-3-4-6-20(15)23-27-26-22(33-23)16-7-9-17(10-8-16)24(30)28(2)14-18-13-19(29(31)32)11-12-21(18)25/h3-13H,14H2,1-2H3. The molecule has 0 unspecified atom stereocenters. The number of carbonyl (C=O) groups is 1. The number of amides is 1. The first kappa shape index (κ1) is 22.2. The summed E-state index contributed by atoms with van der Waals surface area (Å²) in [5, 5.41) is 19.6. The van der Waals surface area contributed by atoms with Crippen molar-refractivity contribution in [2.24, 2.45) is 0 Å². The summed E-state index contributed by atoms with van der Waals surface area (Å²) in [7, 11) is 1.61. The molecule has 0 aliphatic heterocycles. The molecule has 0 atom stereocenters. The lowest BCUT2D eigenvalue weighted by atomic mass is 10.1. The second kappa shape index (κ2) is 9.22. The van der Waals surface area contributed by atoms with Crippen LogP contribution in [0.3, 0.4) is 0 Å². The molecule has 0 saturated heterocycles. The fourth-order valence-electron chi connectivity index (χ4n) is 3.36. The van der Waals surface area contributed by atoms with E-state index < -0.39 is 4.92 Å². The van der Waals surface area contributed by atoms with Gasteiger partial charge in [0.2, 0.25) is 11.8 Å². The molecule has 1 aromatic heterocycles. The van der Waals surface area contributed by atoms with Gasteiger partial charge in [-0.05, 0) is 54.4 Å². The Morgan fingerprint density at radius 3 is 2.45 bits per heavy atom. The van der Waals surface area contributed by atoms with Crippen molar-refractivity contribution in [3.8, 4) is 22.9 Å². The van der Waals surface area contributed by atoms with Crippen molar-refractivity contribution < 1.29 is 14.1 Å². The van der Waals surface area contributed by atoms with Crippen LogP contribution in [0.15, 0.2) is 71.1 Å². The molecule has 0 spiro atoms.